The van der Waals surface area contributed by atoms with E-state index in [1.54, 1.807) is 35.2 Å². The fourth-order valence-corrected chi connectivity index (χ4v) is 4.30. The smallest absolute Gasteiger partial charge is 0.267 e. The van der Waals surface area contributed by atoms with Crippen LogP contribution < -0.4 is 9.64 Å². The van der Waals surface area contributed by atoms with E-state index in [1.165, 1.54) is 12.1 Å². The highest BCUT2D eigenvalue weighted by molar-refractivity contribution is 6.00. The molecule has 3 heterocycles. The van der Waals surface area contributed by atoms with Crippen LogP contribution in [-0.4, -0.2) is 45.5 Å². The van der Waals surface area contributed by atoms with Gasteiger partial charge in [-0.1, -0.05) is 12.1 Å². The van der Waals surface area contributed by atoms with Gasteiger partial charge in [0.1, 0.15) is 11.6 Å². The molecule has 32 heavy (non-hydrogen) atoms. The summed E-state index contributed by atoms with van der Waals surface area (Å²) in [5.41, 5.74) is 3.42. The number of rotatable bonds is 4. The zero-order valence-electron chi connectivity index (χ0n) is 17.7. The first-order valence-electron chi connectivity index (χ1n) is 10.7. The van der Waals surface area contributed by atoms with Gasteiger partial charge in [-0.2, -0.15) is 0 Å². The number of para-hydroxylation sites is 2. The molecule has 2 aliphatic heterocycles. The number of halogens is 1. The SMILES string of the molecule is C[C@H]1Oc2ccccc2N(CCC(=O)N2CCc3c(ncn3-c3ccc(F)cc3)C2)C1=O. The summed E-state index contributed by atoms with van der Waals surface area (Å²) < 4.78 is 20.9. The Hall–Kier alpha value is -3.68. The Kier molecular flexibility index (Phi) is 5.13. The van der Waals surface area contributed by atoms with Gasteiger partial charge in [0.15, 0.2) is 6.10 Å². The molecule has 164 valence electrons. The lowest BCUT2D eigenvalue weighted by Gasteiger charge is -2.33. The van der Waals surface area contributed by atoms with Crippen molar-refractivity contribution in [3.8, 4) is 11.4 Å². The topological polar surface area (TPSA) is 67.7 Å². The van der Waals surface area contributed by atoms with Gasteiger partial charge in [-0.15, -0.1) is 0 Å². The maximum Gasteiger partial charge on any atom is 0.267 e. The number of fused-ring (bicyclic) bond motifs is 2. The summed E-state index contributed by atoms with van der Waals surface area (Å²) in [5, 5.41) is 0. The van der Waals surface area contributed by atoms with Crippen LogP contribution in [0.4, 0.5) is 10.1 Å². The molecule has 0 bridgehead atoms. The minimum absolute atomic E-state index is 0.0172. The van der Waals surface area contributed by atoms with Crippen LogP contribution >= 0.6 is 0 Å². The predicted molar refractivity (Wildman–Crippen MR) is 116 cm³/mol. The summed E-state index contributed by atoms with van der Waals surface area (Å²) in [6, 6.07) is 13.7. The van der Waals surface area contributed by atoms with E-state index in [0.717, 1.165) is 17.1 Å². The Labute approximate surface area is 185 Å². The molecule has 2 aliphatic rings. The molecule has 3 aromatic rings. The Bertz CT molecular complexity index is 1170. The third-order valence-corrected chi connectivity index (χ3v) is 5.99. The summed E-state index contributed by atoms with van der Waals surface area (Å²) in [4.78, 5) is 33.5. The van der Waals surface area contributed by atoms with Gasteiger partial charge in [-0.25, -0.2) is 9.37 Å². The molecule has 0 saturated heterocycles. The Morgan fingerprint density at radius 1 is 1.19 bits per heavy atom. The number of amides is 2. The number of hydrogen-bond acceptors (Lipinski definition) is 4. The molecule has 0 fully saturated rings. The highest BCUT2D eigenvalue weighted by Crippen LogP contribution is 2.33. The number of carbonyl (C=O) groups is 2. The van der Waals surface area contributed by atoms with Crippen LogP contribution in [0.2, 0.25) is 0 Å². The van der Waals surface area contributed by atoms with E-state index in [4.69, 9.17) is 4.74 Å². The summed E-state index contributed by atoms with van der Waals surface area (Å²) in [6.07, 6.45) is 2.03. The number of anilines is 1. The van der Waals surface area contributed by atoms with E-state index in [1.807, 2.05) is 28.8 Å². The van der Waals surface area contributed by atoms with Crippen molar-refractivity contribution in [3.05, 3.63) is 72.1 Å². The van der Waals surface area contributed by atoms with Crippen LogP contribution in [0, 0.1) is 5.82 Å². The van der Waals surface area contributed by atoms with Crippen molar-refractivity contribution in [2.45, 2.75) is 32.4 Å². The van der Waals surface area contributed by atoms with E-state index in [9.17, 15) is 14.0 Å². The van der Waals surface area contributed by atoms with Gasteiger partial charge >= 0.3 is 0 Å². The van der Waals surface area contributed by atoms with Crippen molar-refractivity contribution >= 4 is 17.5 Å². The molecule has 0 N–H and O–H groups in total. The minimum Gasteiger partial charge on any atom is -0.479 e. The number of nitrogens with zero attached hydrogens (tertiary/aromatic N) is 4. The zero-order chi connectivity index (χ0) is 22.2. The third kappa shape index (κ3) is 3.62. The number of hydrogen-bond donors (Lipinski definition) is 0. The quantitative estimate of drug-likeness (QED) is 0.633. The van der Waals surface area contributed by atoms with E-state index in [2.05, 4.69) is 4.98 Å². The van der Waals surface area contributed by atoms with Crippen LogP contribution in [0.5, 0.6) is 5.75 Å². The van der Waals surface area contributed by atoms with Crippen molar-refractivity contribution in [2.24, 2.45) is 0 Å². The number of carbonyl (C=O) groups excluding carboxylic acids is 2. The first-order chi connectivity index (χ1) is 15.5. The van der Waals surface area contributed by atoms with Gasteiger partial charge in [0, 0.05) is 37.3 Å². The first-order valence-corrected chi connectivity index (χ1v) is 10.7. The molecule has 0 spiro atoms. The highest BCUT2D eigenvalue weighted by Gasteiger charge is 2.32. The van der Waals surface area contributed by atoms with Gasteiger partial charge in [0.05, 0.1) is 24.3 Å². The summed E-state index contributed by atoms with van der Waals surface area (Å²) in [7, 11) is 0. The first kappa shape index (κ1) is 20.2. The zero-order valence-corrected chi connectivity index (χ0v) is 17.7. The molecule has 0 saturated carbocycles. The van der Waals surface area contributed by atoms with E-state index < -0.39 is 6.10 Å². The van der Waals surface area contributed by atoms with E-state index in [0.29, 0.717) is 37.5 Å². The van der Waals surface area contributed by atoms with Crippen LogP contribution in [0.3, 0.4) is 0 Å². The van der Waals surface area contributed by atoms with Gasteiger partial charge in [-0.3, -0.25) is 9.59 Å². The van der Waals surface area contributed by atoms with Crippen LogP contribution in [0.1, 0.15) is 24.7 Å². The van der Waals surface area contributed by atoms with Gasteiger partial charge in [-0.05, 0) is 43.3 Å². The van der Waals surface area contributed by atoms with Crippen molar-refractivity contribution in [2.75, 3.05) is 18.0 Å². The molecule has 0 aliphatic carbocycles. The molecule has 1 aromatic heterocycles. The van der Waals surface area contributed by atoms with Crippen LogP contribution in [0.15, 0.2) is 54.9 Å². The number of ether oxygens (including phenoxy) is 1. The van der Waals surface area contributed by atoms with Crippen LogP contribution in [-0.2, 0) is 22.6 Å². The average Bonchev–Trinajstić information content (AvgIpc) is 3.23. The fourth-order valence-electron chi connectivity index (χ4n) is 4.30. The molecule has 7 nitrogen and oxygen atoms in total. The monoisotopic (exact) mass is 434 g/mol. The maximum atomic E-state index is 13.2. The highest BCUT2D eigenvalue weighted by atomic mass is 19.1. The summed E-state index contributed by atoms with van der Waals surface area (Å²) >= 11 is 0. The lowest BCUT2D eigenvalue weighted by Crippen LogP contribution is -2.46. The molecule has 2 aromatic carbocycles. The van der Waals surface area contributed by atoms with Crippen molar-refractivity contribution in [3.63, 3.8) is 0 Å². The Morgan fingerprint density at radius 3 is 2.78 bits per heavy atom. The lowest BCUT2D eigenvalue weighted by molar-refractivity contribution is -0.132. The summed E-state index contributed by atoms with van der Waals surface area (Å²) in [5.74, 6) is 0.211. The molecule has 0 radical (unpaired) electrons. The van der Waals surface area contributed by atoms with E-state index >= 15 is 0 Å². The number of benzene rings is 2. The standard InChI is InChI=1S/C24H23FN4O3/c1-16-24(31)28(21-4-2-3-5-22(21)32-16)13-11-23(30)27-12-10-20-19(14-27)26-15-29(20)18-8-6-17(25)7-9-18/h2-9,15-16H,10-14H2,1H3/t16-/m1/s1. The third-order valence-electron chi connectivity index (χ3n) is 5.99. The number of imidazole rings is 1. The molecular weight excluding hydrogens is 411 g/mol. The number of aromatic nitrogens is 2. The Morgan fingerprint density at radius 2 is 1.97 bits per heavy atom. The van der Waals surface area contributed by atoms with E-state index in [-0.39, 0.29) is 24.1 Å². The second-order valence-corrected chi connectivity index (χ2v) is 8.02. The average molecular weight is 434 g/mol. The van der Waals surface area contributed by atoms with Crippen molar-refractivity contribution < 1.29 is 18.7 Å². The lowest BCUT2D eigenvalue weighted by atomic mass is 10.1. The normalized spacial score (nSPS) is 17.6. The predicted octanol–water partition coefficient (Wildman–Crippen LogP) is 3.10. The van der Waals surface area contributed by atoms with Crippen LogP contribution in [0.25, 0.3) is 5.69 Å². The van der Waals surface area contributed by atoms with Gasteiger partial charge in [0.25, 0.3) is 5.91 Å². The molecule has 5 rings (SSSR count). The molecule has 1 atom stereocenters. The molecule has 2 amide bonds. The Balaban J connectivity index is 1.26. The second kappa shape index (κ2) is 8.11. The van der Waals surface area contributed by atoms with Crippen molar-refractivity contribution in [1.29, 1.82) is 0 Å². The molecule has 8 heteroatoms. The fraction of sp³-hybridized carbons (Fsp3) is 0.292. The molecule has 0 unspecified atom stereocenters. The minimum atomic E-state index is -0.576. The maximum absolute atomic E-state index is 13.2. The second-order valence-electron chi connectivity index (χ2n) is 8.02. The van der Waals surface area contributed by atoms with Gasteiger partial charge < -0.3 is 19.1 Å². The summed E-state index contributed by atoms with van der Waals surface area (Å²) in [6.45, 7) is 3.02. The molecular formula is C24H23FN4O3. The largest absolute Gasteiger partial charge is 0.479 e. The van der Waals surface area contributed by atoms with Crippen molar-refractivity contribution in [1.82, 2.24) is 14.5 Å². The van der Waals surface area contributed by atoms with Gasteiger partial charge in [0.2, 0.25) is 5.91 Å².